The van der Waals surface area contributed by atoms with Gasteiger partial charge < -0.3 is 19.4 Å². The Kier molecular flexibility index (Phi) is 8.31. The first-order chi connectivity index (χ1) is 6.56. The quantitative estimate of drug-likeness (QED) is 0.668. The summed E-state index contributed by atoms with van der Waals surface area (Å²) >= 11 is 0. The van der Waals surface area contributed by atoms with E-state index in [2.05, 4.69) is 4.74 Å². The Morgan fingerprint density at radius 3 is 1.93 bits per heavy atom. The van der Waals surface area contributed by atoms with Crippen molar-refractivity contribution in [1.82, 2.24) is 4.90 Å². The molecule has 0 aromatic carbocycles. The van der Waals surface area contributed by atoms with E-state index in [1.165, 1.54) is 14.1 Å². The number of carbonyl (C=O) groups excluding carboxylic acids is 1. The van der Waals surface area contributed by atoms with Crippen LogP contribution in [0.1, 0.15) is 0 Å². The molecule has 0 bridgehead atoms. The zero-order chi connectivity index (χ0) is 12.6. The van der Waals surface area contributed by atoms with E-state index in [-0.39, 0.29) is 0 Å². The van der Waals surface area contributed by atoms with E-state index >= 15 is 0 Å². The Morgan fingerprint density at radius 2 is 1.73 bits per heavy atom. The molecule has 6 nitrogen and oxygen atoms in total. The van der Waals surface area contributed by atoms with Crippen molar-refractivity contribution in [1.29, 1.82) is 0 Å². The van der Waals surface area contributed by atoms with Gasteiger partial charge in [-0.2, -0.15) is 13.2 Å². The summed E-state index contributed by atoms with van der Waals surface area (Å²) in [6.07, 6.45) is -5.45. The summed E-state index contributed by atoms with van der Waals surface area (Å²) in [4.78, 5) is 25.6. The second-order valence-corrected chi connectivity index (χ2v) is 2.91. The van der Waals surface area contributed by atoms with Crippen LogP contribution in [-0.2, 0) is 9.30 Å². The zero-order valence-corrected chi connectivity index (χ0v) is 8.91. The van der Waals surface area contributed by atoms with Gasteiger partial charge in [0.1, 0.15) is 0 Å². The van der Waals surface area contributed by atoms with E-state index in [0.717, 1.165) is 4.90 Å². The number of carbonyl (C=O) groups is 1. The van der Waals surface area contributed by atoms with Gasteiger partial charge in [0.2, 0.25) is 0 Å². The third-order valence-corrected chi connectivity index (χ3v) is 0.724. The summed E-state index contributed by atoms with van der Waals surface area (Å²) < 4.78 is 46.7. The highest BCUT2D eigenvalue weighted by Crippen LogP contribution is 2.14. The van der Waals surface area contributed by atoms with Gasteiger partial charge in [0.05, 0.1) is 0 Å². The lowest BCUT2D eigenvalue weighted by molar-refractivity contribution is -0.161. The number of rotatable bonds is 1. The van der Waals surface area contributed by atoms with Gasteiger partial charge in [0.15, 0.2) is 6.61 Å². The van der Waals surface area contributed by atoms with Crippen molar-refractivity contribution in [3.8, 4) is 0 Å². The van der Waals surface area contributed by atoms with Gasteiger partial charge in [-0.05, 0) is 0 Å². The van der Waals surface area contributed by atoms with E-state index < -0.39 is 27.1 Å². The molecule has 2 N–H and O–H groups in total. The Morgan fingerprint density at radius 1 is 1.40 bits per heavy atom. The number of halogens is 3. The molecule has 0 aromatic heterocycles. The zero-order valence-electron chi connectivity index (χ0n) is 7.91. The number of alkyl halides is 3. The molecule has 0 aliphatic rings. The summed E-state index contributed by atoms with van der Waals surface area (Å²) in [5.41, 5.74) is 0. The lowest BCUT2D eigenvalue weighted by Gasteiger charge is -2.11. The lowest BCUT2D eigenvalue weighted by atomic mass is 10.7. The molecule has 15 heavy (non-hydrogen) atoms. The molecule has 0 aromatic rings. The molecule has 10 heteroatoms. The second-order valence-electron chi connectivity index (χ2n) is 2.35. The van der Waals surface area contributed by atoms with Crippen LogP contribution in [0.5, 0.6) is 0 Å². The summed E-state index contributed by atoms with van der Waals surface area (Å²) in [5, 5.41) is 0. The fourth-order valence-corrected chi connectivity index (χ4v) is 0.273. The molecule has 0 unspecified atom stereocenters. The lowest BCUT2D eigenvalue weighted by Crippen LogP contribution is -2.27. The van der Waals surface area contributed by atoms with Gasteiger partial charge in [0.25, 0.3) is 0 Å². The first kappa shape index (κ1) is 16.6. The second kappa shape index (κ2) is 7.49. The summed E-state index contributed by atoms with van der Waals surface area (Å²) in [7, 11) is -0.521. The molecule has 0 aliphatic heterocycles. The van der Waals surface area contributed by atoms with Crippen molar-refractivity contribution in [2.75, 3.05) is 20.7 Å². The van der Waals surface area contributed by atoms with E-state index in [1.54, 1.807) is 0 Å². The van der Waals surface area contributed by atoms with Gasteiger partial charge in [0, 0.05) is 14.1 Å². The molecule has 1 amide bonds. The first-order valence-corrected chi connectivity index (χ1v) is 4.69. The fourth-order valence-electron chi connectivity index (χ4n) is 0.273. The van der Waals surface area contributed by atoms with Crippen LogP contribution in [0.4, 0.5) is 18.0 Å². The Balaban J connectivity index is 0. The third kappa shape index (κ3) is 19.6. The van der Waals surface area contributed by atoms with E-state index in [0.29, 0.717) is 0 Å². The minimum absolute atomic E-state index is 0.922. The average molecular weight is 253 g/mol. The molecular formula is C5H11F3NO5P. The molecule has 0 rings (SSSR count). The minimum Gasteiger partial charge on any atom is -0.440 e. The maximum Gasteiger partial charge on any atom is 0.422 e. The Labute approximate surface area is 84.2 Å². The molecule has 0 saturated carbocycles. The molecule has 0 radical (unpaired) electrons. The predicted octanol–water partition coefficient (Wildman–Crippen LogP) is 0.608. The van der Waals surface area contributed by atoms with Crippen molar-refractivity contribution < 1.29 is 37.1 Å². The summed E-state index contributed by atoms with van der Waals surface area (Å²) in [5.74, 6) is 0. The number of amides is 1. The van der Waals surface area contributed by atoms with Gasteiger partial charge in [-0.1, -0.05) is 0 Å². The van der Waals surface area contributed by atoms with Crippen LogP contribution in [0.25, 0.3) is 0 Å². The maximum atomic E-state index is 11.4. The topological polar surface area (TPSA) is 87.1 Å². The fraction of sp³-hybridized carbons (Fsp3) is 0.800. The third-order valence-electron chi connectivity index (χ3n) is 0.724. The van der Waals surface area contributed by atoms with E-state index in [1.807, 2.05) is 0 Å². The Hall–Kier alpha value is -0.790. The van der Waals surface area contributed by atoms with Gasteiger partial charge in [-0.3, -0.25) is 4.57 Å². The Bertz CT molecular complexity index is 215. The minimum atomic E-state index is -4.45. The van der Waals surface area contributed by atoms with Crippen LogP contribution < -0.4 is 0 Å². The summed E-state index contributed by atoms with van der Waals surface area (Å²) in [6.45, 7) is -1.54. The molecule has 0 heterocycles. The predicted molar refractivity (Wildman–Crippen MR) is 44.5 cm³/mol. The highest BCUT2D eigenvalue weighted by Gasteiger charge is 2.29. The largest absolute Gasteiger partial charge is 0.440 e. The average Bonchev–Trinajstić information content (AvgIpc) is 1.97. The summed E-state index contributed by atoms with van der Waals surface area (Å²) in [6, 6.07) is 0. The van der Waals surface area contributed by atoms with Crippen molar-refractivity contribution in [3.05, 3.63) is 0 Å². The highest BCUT2D eigenvalue weighted by atomic mass is 31.1. The highest BCUT2D eigenvalue weighted by molar-refractivity contribution is 7.30. The number of nitrogens with zero attached hydrogens (tertiary/aromatic N) is 1. The van der Waals surface area contributed by atoms with Crippen LogP contribution in [0, 0.1) is 0 Å². The normalized spacial score (nSPS) is 10.4. The number of ether oxygens (including phenoxy) is 1. The molecule has 0 aliphatic carbocycles. The van der Waals surface area contributed by atoms with E-state index in [9.17, 15) is 18.0 Å². The van der Waals surface area contributed by atoms with Crippen LogP contribution >= 0.6 is 8.25 Å². The molecule has 0 fully saturated rings. The van der Waals surface area contributed by atoms with Crippen LogP contribution in [0.15, 0.2) is 0 Å². The SMILES string of the molecule is CN(C)C(=O)OCC(F)(F)F.O=[PH](O)O. The van der Waals surface area contributed by atoms with Crippen LogP contribution in [0.3, 0.4) is 0 Å². The van der Waals surface area contributed by atoms with Gasteiger partial charge in [-0.25, -0.2) is 4.79 Å². The molecule has 0 spiro atoms. The van der Waals surface area contributed by atoms with E-state index in [4.69, 9.17) is 14.4 Å². The van der Waals surface area contributed by atoms with Gasteiger partial charge in [-0.15, -0.1) is 0 Å². The molecule has 92 valence electrons. The van der Waals surface area contributed by atoms with Crippen molar-refractivity contribution in [2.45, 2.75) is 6.18 Å². The maximum absolute atomic E-state index is 11.4. The standard InChI is InChI=1S/C5H8F3NO2.H3O3P/c1-9(2)4(10)11-3-5(6,7)8;1-4(2)3/h3H2,1-2H3;4H,(H2,1,2,3). The van der Waals surface area contributed by atoms with Crippen LogP contribution in [0.2, 0.25) is 0 Å². The first-order valence-electron chi connectivity index (χ1n) is 3.39. The molecule has 0 atom stereocenters. The monoisotopic (exact) mass is 253 g/mol. The van der Waals surface area contributed by atoms with Crippen LogP contribution in [-0.4, -0.2) is 47.7 Å². The van der Waals surface area contributed by atoms with Crippen molar-refractivity contribution >= 4 is 14.3 Å². The molecular weight excluding hydrogens is 242 g/mol. The van der Waals surface area contributed by atoms with Crippen molar-refractivity contribution in [2.24, 2.45) is 0 Å². The van der Waals surface area contributed by atoms with Gasteiger partial charge >= 0.3 is 20.5 Å². The molecule has 0 saturated heterocycles. The number of hydrogen-bond donors (Lipinski definition) is 2. The van der Waals surface area contributed by atoms with Crippen molar-refractivity contribution in [3.63, 3.8) is 0 Å². The smallest absolute Gasteiger partial charge is 0.422 e. The number of hydrogen-bond acceptors (Lipinski definition) is 3.